The Kier molecular flexibility index (Phi) is 2.91. The van der Waals surface area contributed by atoms with E-state index in [1.165, 1.54) is 44.9 Å². The van der Waals surface area contributed by atoms with Gasteiger partial charge in [0.1, 0.15) is 0 Å². The second-order valence-corrected chi connectivity index (χ2v) is 9.69. The number of rotatable bonds is 0. The minimum absolute atomic E-state index is 0.679. The first kappa shape index (κ1) is 13.6. The standard InChI is InChI=1S/C20H34/c1-18-10-6-7-16(18)15-8-14-19(2)11-4-5-12-20(19,3)17(15)9-13-18/h15-17H,4-14H2,1-3H3/t15-,16-,17-,18-,19?,20+/m0/s1. The van der Waals surface area contributed by atoms with Crippen molar-refractivity contribution >= 4 is 0 Å². The SMILES string of the molecule is CC12CCCC[C@]1(C)[C@H]1CC[C@]3(C)CCC[C@H]3[C@@H]1CC2. The van der Waals surface area contributed by atoms with E-state index in [-0.39, 0.29) is 0 Å². The van der Waals surface area contributed by atoms with Gasteiger partial charge in [-0.15, -0.1) is 0 Å². The first-order valence-corrected chi connectivity index (χ1v) is 9.49. The van der Waals surface area contributed by atoms with Crippen molar-refractivity contribution in [1.29, 1.82) is 0 Å². The van der Waals surface area contributed by atoms with E-state index in [2.05, 4.69) is 20.8 Å². The van der Waals surface area contributed by atoms with Crippen LogP contribution in [0.25, 0.3) is 0 Å². The van der Waals surface area contributed by atoms with Crippen molar-refractivity contribution in [2.24, 2.45) is 34.0 Å². The topological polar surface area (TPSA) is 0 Å². The fourth-order valence-electron chi connectivity index (χ4n) is 7.60. The van der Waals surface area contributed by atoms with E-state index in [0.29, 0.717) is 10.8 Å². The van der Waals surface area contributed by atoms with Gasteiger partial charge < -0.3 is 0 Å². The van der Waals surface area contributed by atoms with Gasteiger partial charge in [0.25, 0.3) is 0 Å². The normalized spacial score (nSPS) is 58.6. The molecule has 0 aromatic heterocycles. The molecule has 4 saturated carbocycles. The van der Waals surface area contributed by atoms with Crippen molar-refractivity contribution in [2.75, 3.05) is 0 Å². The van der Waals surface area contributed by atoms with Gasteiger partial charge in [-0.05, 0) is 85.4 Å². The average molecular weight is 274 g/mol. The molecule has 6 atom stereocenters. The molecular formula is C20H34. The molecule has 0 aromatic carbocycles. The van der Waals surface area contributed by atoms with Crippen LogP contribution in [-0.4, -0.2) is 0 Å². The first-order valence-electron chi connectivity index (χ1n) is 9.49. The van der Waals surface area contributed by atoms with Crippen molar-refractivity contribution < 1.29 is 0 Å². The Labute approximate surface area is 126 Å². The molecule has 0 bridgehead atoms. The van der Waals surface area contributed by atoms with Gasteiger partial charge in [-0.2, -0.15) is 0 Å². The molecule has 4 aliphatic rings. The van der Waals surface area contributed by atoms with Crippen molar-refractivity contribution in [3.8, 4) is 0 Å². The predicted molar refractivity (Wildman–Crippen MR) is 85.6 cm³/mol. The van der Waals surface area contributed by atoms with E-state index in [1.54, 1.807) is 25.7 Å². The Morgan fingerprint density at radius 2 is 1.45 bits per heavy atom. The van der Waals surface area contributed by atoms with Crippen LogP contribution in [-0.2, 0) is 0 Å². The minimum atomic E-state index is 0.679. The molecule has 1 unspecified atom stereocenters. The van der Waals surface area contributed by atoms with Gasteiger partial charge in [0.2, 0.25) is 0 Å². The van der Waals surface area contributed by atoms with Crippen molar-refractivity contribution in [1.82, 2.24) is 0 Å². The lowest BCUT2D eigenvalue weighted by molar-refractivity contribution is -0.147. The Bertz CT molecular complexity index is 399. The Morgan fingerprint density at radius 1 is 0.650 bits per heavy atom. The van der Waals surface area contributed by atoms with Gasteiger partial charge in [-0.25, -0.2) is 0 Å². The van der Waals surface area contributed by atoms with Crippen molar-refractivity contribution in [3.05, 3.63) is 0 Å². The summed E-state index contributed by atoms with van der Waals surface area (Å²) in [4.78, 5) is 0. The molecule has 0 radical (unpaired) electrons. The van der Waals surface area contributed by atoms with E-state index >= 15 is 0 Å². The third kappa shape index (κ3) is 1.60. The zero-order valence-electron chi connectivity index (χ0n) is 14.0. The monoisotopic (exact) mass is 274 g/mol. The van der Waals surface area contributed by atoms with Crippen LogP contribution in [0.1, 0.15) is 91.4 Å². The lowest BCUT2D eigenvalue weighted by Gasteiger charge is -2.64. The van der Waals surface area contributed by atoms with Crippen LogP contribution in [0.5, 0.6) is 0 Å². The molecule has 0 N–H and O–H groups in total. The largest absolute Gasteiger partial charge is 0.0594 e. The molecule has 0 heteroatoms. The van der Waals surface area contributed by atoms with Gasteiger partial charge in [0, 0.05) is 0 Å². The predicted octanol–water partition coefficient (Wildman–Crippen LogP) is 6.20. The van der Waals surface area contributed by atoms with Crippen LogP contribution in [0.15, 0.2) is 0 Å². The second-order valence-electron chi connectivity index (χ2n) is 9.69. The molecule has 0 aromatic rings. The number of hydrogen-bond acceptors (Lipinski definition) is 0. The summed E-state index contributed by atoms with van der Waals surface area (Å²) in [5, 5.41) is 0. The fourth-order valence-corrected chi connectivity index (χ4v) is 7.60. The van der Waals surface area contributed by atoms with E-state index in [9.17, 15) is 0 Å². The van der Waals surface area contributed by atoms with Gasteiger partial charge in [0.05, 0.1) is 0 Å². The summed E-state index contributed by atoms with van der Waals surface area (Å²) in [6, 6.07) is 0. The van der Waals surface area contributed by atoms with E-state index in [0.717, 1.165) is 23.2 Å². The Hall–Kier alpha value is 0. The smallest absolute Gasteiger partial charge is 0.0241 e. The zero-order valence-corrected chi connectivity index (χ0v) is 14.0. The van der Waals surface area contributed by atoms with Gasteiger partial charge in [-0.3, -0.25) is 0 Å². The highest BCUT2D eigenvalue weighted by molar-refractivity contribution is 5.10. The maximum absolute atomic E-state index is 2.71. The van der Waals surface area contributed by atoms with Gasteiger partial charge in [0.15, 0.2) is 0 Å². The lowest BCUT2D eigenvalue weighted by Crippen LogP contribution is -2.56. The number of hydrogen-bond donors (Lipinski definition) is 0. The summed E-state index contributed by atoms with van der Waals surface area (Å²) in [5.41, 5.74) is 2.09. The quantitative estimate of drug-likeness (QED) is 0.493. The molecule has 0 nitrogen and oxygen atoms in total. The molecule has 0 amide bonds. The summed E-state index contributed by atoms with van der Waals surface area (Å²) in [6.45, 7) is 8.00. The lowest BCUT2D eigenvalue weighted by atomic mass is 9.41. The van der Waals surface area contributed by atoms with Crippen LogP contribution < -0.4 is 0 Å². The maximum Gasteiger partial charge on any atom is -0.0241 e. The highest BCUT2D eigenvalue weighted by Gasteiger charge is 2.60. The molecule has 4 fully saturated rings. The Morgan fingerprint density at radius 3 is 2.30 bits per heavy atom. The molecule has 0 saturated heterocycles. The molecule has 0 spiro atoms. The molecule has 20 heavy (non-hydrogen) atoms. The van der Waals surface area contributed by atoms with Crippen LogP contribution in [0.2, 0.25) is 0 Å². The maximum atomic E-state index is 2.71. The van der Waals surface area contributed by atoms with E-state index in [1.807, 2.05) is 0 Å². The van der Waals surface area contributed by atoms with Crippen LogP contribution >= 0.6 is 0 Å². The molecular weight excluding hydrogens is 240 g/mol. The van der Waals surface area contributed by atoms with E-state index < -0.39 is 0 Å². The van der Waals surface area contributed by atoms with Crippen molar-refractivity contribution in [3.63, 3.8) is 0 Å². The third-order valence-corrected chi connectivity index (χ3v) is 9.12. The molecule has 0 aliphatic heterocycles. The summed E-state index contributed by atoms with van der Waals surface area (Å²) >= 11 is 0. The summed E-state index contributed by atoms with van der Waals surface area (Å²) < 4.78 is 0. The fraction of sp³-hybridized carbons (Fsp3) is 1.00. The highest BCUT2D eigenvalue weighted by atomic mass is 14.6. The first-order chi connectivity index (χ1) is 9.49. The van der Waals surface area contributed by atoms with Crippen LogP contribution in [0.3, 0.4) is 0 Å². The zero-order chi connectivity index (χ0) is 14.0. The van der Waals surface area contributed by atoms with Crippen LogP contribution in [0.4, 0.5) is 0 Å². The average Bonchev–Trinajstić information content (AvgIpc) is 2.81. The summed E-state index contributed by atoms with van der Waals surface area (Å²) in [6.07, 6.45) is 16.9. The number of fused-ring (bicyclic) bond motifs is 5. The van der Waals surface area contributed by atoms with Crippen molar-refractivity contribution in [2.45, 2.75) is 91.4 Å². The van der Waals surface area contributed by atoms with Crippen LogP contribution in [0, 0.1) is 34.0 Å². The second kappa shape index (κ2) is 4.26. The Balaban J connectivity index is 1.68. The van der Waals surface area contributed by atoms with Gasteiger partial charge in [-0.1, -0.05) is 40.0 Å². The third-order valence-electron chi connectivity index (χ3n) is 9.12. The molecule has 4 rings (SSSR count). The summed E-state index contributed by atoms with van der Waals surface area (Å²) in [7, 11) is 0. The van der Waals surface area contributed by atoms with E-state index in [4.69, 9.17) is 0 Å². The molecule has 114 valence electrons. The van der Waals surface area contributed by atoms with Gasteiger partial charge >= 0.3 is 0 Å². The molecule has 0 heterocycles. The highest BCUT2D eigenvalue weighted by Crippen LogP contribution is 2.69. The minimum Gasteiger partial charge on any atom is -0.0594 e. The molecule has 4 aliphatic carbocycles. The summed E-state index contributed by atoms with van der Waals surface area (Å²) in [5.74, 6) is 3.25.